The van der Waals surface area contributed by atoms with E-state index in [0.717, 1.165) is 27.7 Å². The van der Waals surface area contributed by atoms with Gasteiger partial charge in [0.25, 0.3) is 0 Å². The third kappa shape index (κ3) is 3.85. The molecule has 3 aromatic carbocycles. The highest BCUT2D eigenvalue weighted by molar-refractivity contribution is 6.30. The van der Waals surface area contributed by atoms with E-state index in [4.69, 9.17) is 11.6 Å². The van der Waals surface area contributed by atoms with E-state index in [0.29, 0.717) is 17.3 Å². The molecule has 0 aliphatic rings. The van der Waals surface area contributed by atoms with Crippen molar-refractivity contribution in [3.63, 3.8) is 0 Å². The van der Waals surface area contributed by atoms with Crippen LogP contribution in [0.4, 0.5) is 14.9 Å². The van der Waals surface area contributed by atoms with E-state index in [1.165, 1.54) is 12.1 Å². The zero-order chi connectivity index (χ0) is 19.5. The average molecular weight is 394 g/mol. The Morgan fingerprint density at radius 2 is 1.68 bits per heavy atom. The number of nitrogens with one attached hydrogen (secondary N) is 3. The lowest BCUT2D eigenvalue weighted by Crippen LogP contribution is -2.28. The predicted molar refractivity (Wildman–Crippen MR) is 111 cm³/mol. The highest BCUT2D eigenvalue weighted by Gasteiger charge is 2.15. The molecule has 3 N–H and O–H groups in total. The number of aromatic nitrogens is 1. The molecule has 0 spiro atoms. The van der Waals surface area contributed by atoms with Crippen LogP contribution in [0.25, 0.3) is 22.2 Å². The van der Waals surface area contributed by atoms with E-state index in [1.54, 1.807) is 24.3 Å². The highest BCUT2D eigenvalue weighted by Crippen LogP contribution is 2.35. The van der Waals surface area contributed by atoms with Gasteiger partial charge in [-0.25, -0.2) is 9.18 Å². The van der Waals surface area contributed by atoms with Gasteiger partial charge in [0.15, 0.2) is 0 Å². The van der Waals surface area contributed by atoms with E-state index in [-0.39, 0.29) is 11.8 Å². The van der Waals surface area contributed by atoms with Gasteiger partial charge >= 0.3 is 6.03 Å². The van der Waals surface area contributed by atoms with Crippen molar-refractivity contribution in [2.75, 3.05) is 5.32 Å². The number of amides is 2. The summed E-state index contributed by atoms with van der Waals surface area (Å²) in [6.45, 7) is 0.296. The number of carbonyl (C=O) groups is 1. The van der Waals surface area contributed by atoms with Gasteiger partial charge < -0.3 is 15.6 Å². The van der Waals surface area contributed by atoms with Gasteiger partial charge in [0.05, 0.1) is 11.4 Å². The van der Waals surface area contributed by atoms with Crippen molar-refractivity contribution in [2.45, 2.75) is 6.54 Å². The van der Waals surface area contributed by atoms with E-state index in [1.807, 2.05) is 36.4 Å². The van der Waals surface area contributed by atoms with E-state index in [2.05, 4.69) is 15.6 Å². The van der Waals surface area contributed by atoms with Crippen molar-refractivity contribution >= 4 is 34.2 Å². The minimum Gasteiger partial charge on any atom is -0.353 e. The van der Waals surface area contributed by atoms with Gasteiger partial charge in [-0.3, -0.25) is 0 Å². The molecular formula is C22H17ClFN3O. The number of anilines is 1. The second kappa shape index (κ2) is 7.74. The van der Waals surface area contributed by atoms with Crippen molar-refractivity contribution in [2.24, 2.45) is 0 Å². The summed E-state index contributed by atoms with van der Waals surface area (Å²) >= 11 is 6.00. The predicted octanol–water partition coefficient (Wildman–Crippen LogP) is 5.95. The van der Waals surface area contributed by atoms with Crippen LogP contribution in [0.15, 0.2) is 72.8 Å². The van der Waals surface area contributed by atoms with E-state index < -0.39 is 0 Å². The summed E-state index contributed by atoms with van der Waals surface area (Å²) in [6.07, 6.45) is 0. The Morgan fingerprint density at radius 3 is 2.43 bits per heavy atom. The van der Waals surface area contributed by atoms with Crippen molar-refractivity contribution < 1.29 is 9.18 Å². The summed E-state index contributed by atoms with van der Waals surface area (Å²) in [6, 6.07) is 20.8. The molecule has 1 heterocycles. The summed E-state index contributed by atoms with van der Waals surface area (Å²) in [7, 11) is 0. The largest absolute Gasteiger partial charge is 0.353 e. The van der Waals surface area contributed by atoms with E-state index >= 15 is 0 Å². The molecule has 0 fully saturated rings. The van der Waals surface area contributed by atoms with Gasteiger partial charge in [-0.2, -0.15) is 0 Å². The highest BCUT2D eigenvalue weighted by atomic mass is 35.5. The topological polar surface area (TPSA) is 56.9 Å². The summed E-state index contributed by atoms with van der Waals surface area (Å²) in [5.41, 5.74) is 4.13. The van der Waals surface area contributed by atoms with Gasteiger partial charge in [0.2, 0.25) is 0 Å². The van der Waals surface area contributed by atoms with Crippen LogP contribution in [-0.2, 0) is 6.54 Å². The first-order valence-corrected chi connectivity index (χ1v) is 9.14. The average Bonchev–Trinajstić information content (AvgIpc) is 3.07. The first-order chi connectivity index (χ1) is 13.6. The number of halogens is 2. The Hall–Kier alpha value is -3.31. The molecule has 4 aromatic rings. The summed E-state index contributed by atoms with van der Waals surface area (Å²) < 4.78 is 13.0. The lowest BCUT2D eigenvalue weighted by atomic mass is 10.1. The monoisotopic (exact) mass is 393 g/mol. The number of fused-ring (bicyclic) bond motifs is 1. The smallest absolute Gasteiger partial charge is 0.319 e. The van der Waals surface area contributed by atoms with Crippen LogP contribution < -0.4 is 10.6 Å². The Bertz CT molecular complexity index is 1120. The number of para-hydroxylation sites is 1. The SMILES string of the molecule is O=C(NCc1ccc(F)cc1)Nc1c(-c2ccc(Cl)cc2)[nH]c2ccccc12. The molecule has 6 heteroatoms. The van der Waals surface area contributed by atoms with Crippen LogP contribution >= 0.6 is 11.6 Å². The molecule has 1 aromatic heterocycles. The first-order valence-electron chi connectivity index (χ1n) is 8.76. The number of hydrogen-bond acceptors (Lipinski definition) is 1. The van der Waals surface area contributed by atoms with Crippen molar-refractivity contribution in [1.29, 1.82) is 0 Å². The maximum Gasteiger partial charge on any atom is 0.319 e. The quantitative estimate of drug-likeness (QED) is 0.394. The molecule has 140 valence electrons. The summed E-state index contributed by atoms with van der Waals surface area (Å²) in [5.74, 6) is -0.306. The van der Waals surface area contributed by atoms with Crippen molar-refractivity contribution in [3.8, 4) is 11.3 Å². The molecule has 0 bridgehead atoms. The van der Waals surface area contributed by atoms with Crippen LogP contribution in [0.1, 0.15) is 5.56 Å². The fraction of sp³-hybridized carbons (Fsp3) is 0.0455. The summed E-state index contributed by atoms with van der Waals surface area (Å²) in [4.78, 5) is 15.9. The number of urea groups is 1. The molecule has 0 aliphatic carbocycles. The Balaban J connectivity index is 1.59. The Kier molecular flexibility index (Phi) is 5.00. The second-order valence-electron chi connectivity index (χ2n) is 6.36. The fourth-order valence-electron chi connectivity index (χ4n) is 3.05. The molecule has 28 heavy (non-hydrogen) atoms. The third-order valence-electron chi connectivity index (χ3n) is 4.44. The zero-order valence-electron chi connectivity index (χ0n) is 14.8. The normalized spacial score (nSPS) is 10.8. The zero-order valence-corrected chi connectivity index (χ0v) is 15.6. The fourth-order valence-corrected chi connectivity index (χ4v) is 3.17. The van der Waals surface area contributed by atoms with Crippen LogP contribution in [0.2, 0.25) is 5.02 Å². The lowest BCUT2D eigenvalue weighted by Gasteiger charge is -2.10. The number of carbonyl (C=O) groups excluding carboxylic acids is 1. The lowest BCUT2D eigenvalue weighted by molar-refractivity contribution is 0.252. The van der Waals surface area contributed by atoms with Gasteiger partial charge in [0.1, 0.15) is 5.82 Å². The van der Waals surface area contributed by atoms with Crippen LogP contribution in [0, 0.1) is 5.82 Å². The van der Waals surface area contributed by atoms with Crippen LogP contribution in [0.3, 0.4) is 0 Å². The molecular weight excluding hydrogens is 377 g/mol. The van der Waals surface area contributed by atoms with Gasteiger partial charge in [-0.1, -0.05) is 54.1 Å². The van der Waals surface area contributed by atoms with E-state index in [9.17, 15) is 9.18 Å². The Morgan fingerprint density at radius 1 is 0.964 bits per heavy atom. The number of rotatable bonds is 4. The number of aromatic amines is 1. The molecule has 0 radical (unpaired) electrons. The molecule has 0 atom stereocenters. The number of benzene rings is 3. The minimum atomic E-state index is -0.343. The molecule has 0 unspecified atom stereocenters. The standard InChI is InChI=1S/C22H17ClFN3O/c23-16-9-7-15(8-10-16)20-21(18-3-1-2-4-19(18)26-20)27-22(28)25-13-14-5-11-17(24)12-6-14/h1-12,26H,13H2,(H2,25,27,28). The molecule has 4 nitrogen and oxygen atoms in total. The molecule has 0 saturated heterocycles. The van der Waals surface area contributed by atoms with Crippen molar-refractivity contribution in [3.05, 3.63) is 89.2 Å². The van der Waals surface area contributed by atoms with Gasteiger partial charge in [-0.05, 0) is 35.9 Å². The number of hydrogen-bond donors (Lipinski definition) is 3. The molecule has 2 amide bonds. The molecule has 0 saturated carbocycles. The number of H-pyrrole nitrogens is 1. The summed E-state index contributed by atoms with van der Waals surface area (Å²) in [5, 5.41) is 7.29. The molecule has 0 aliphatic heterocycles. The van der Waals surface area contributed by atoms with Crippen molar-refractivity contribution in [1.82, 2.24) is 10.3 Å². The van der Waals surface area contributed by atoms with Crippen LogP contribution in [-0.4, -0.2) is 11.0 Å². The van der Waals surface area contributed by atoms with Gasteiger partial charge in [-0.15, -0.1) is 0 Å². The maximum absolute atomic E-state index is 13.0. The second-order valence-corrected chi connectivity index (χ2v) is 6.80. The maximum atomic E-state index is 13.0. The minimum absolute atomic E-state index is 0.296. The molecule has 4 rings (SSSR count). The third-order valence-corrected chi connectivity index (χ3v) is 4.70. The Labute approximate surface area is 166 Å². The van der Waals surface area contributed by atoms with Gasteiger partial charge in [0, 0.05) is 28.0 Å². The van der Waals surface area contributed by atoms with Crippen LogP contribution in [0.5, 0.6) is 0 Å². The first kappa shape index (κ1) is 18.1.